The predicted molar refractivity (Wildman–Crippen MR) is 58.0 cm³/mol. The second-order valence-corrected chi connectivity index (χ2v) is 4.94. The second-order valence-electron chi connectivity index (χ2n) is 4.94. The molecule has 16 heavy (non-hydrogen) atoms. The third-order valence-corrected chi connectivity index (χ3v) is 3.63. The lowest BCUT2D eigenvalue weighted by Gasteiger charge is -2.13. The van der Waals surface area contributed by atoms with Gasteiger partial charge in [-0.25, -0.2) is 4.79 Å². The Balaban J connectivity index is 1.69. The third kappa shape index (κ3) is 2.65. The van der Waals surface area contributed by atoms with Crippen LogP contribution < -0.4 is 10.6 Å². The Kier molecular flexibility index (Phi) is 3.03. The molecule has 1 saturated carbocycles. The lowest BCUT2D eigenvalue weighted by atomic mass is 10.0. The van der Waals surface area contributed by atoms with Gasteiger partial charge in [0.25, 0.3) is 0 Å². The molecule has 1 heterocycles. The highest BCUT2D eigenvalue weighted by molar-refractivity contribution is 5.77. The molecular weight excluding hydrogens is 208 g/mol. The second kappa shape index (κ2) is 4.31. The van der Waals surface area contributed by atoms with Crippen LogP contribution in [0, 0.1) is 11.8 Å². The molecule has 5 nitrogen and oxygen atoms in total. The number of hydrogen-bond acceptors (Lipinski definition) is 2. The number of nitrogens with one attached hydrogen (secondary N) is 2. The van der Waals surface area contributed by atoms with E-state index in [2.05, 4.69) is 10.6 Å². The number of carbonyl (C=O) groups is 2. The summed E-state index contributed by atoms with van der Waals surface area (Å²) < 4.78 is 0. The van der Waals surface area contributed by atoms with E-state index < -0.39 is 5.97 Å². The summed E-state index contributed by atoms with van der Waals surface area (Å²) in [7, 11) is 0. The van der Waals surface area contributed by atoms with Crippen LogP contribution in [0.5, 0.6) is 0 Å². The van der Waals surface area contributed by atoms with E-state index in [0.29, 0.717) is 11.8 Å². The minimum atomic E-state index is -0.713. The summed E-state index contributed by atoms with van der Waals surface area (Å²) in [6.07, 6.45) is 3.14. The van der Waals surface area contributed by atoms with Crippen LogP contribution in [0.25, 0.3) is 0 Å². The summed E-state index contributed by atoms with van der Waals surface area (Å²) in [5, 5.41) is 14.3. The van der Waals surface area contributed by atoms with Crippen molar-refractivity contribution in [2.75, 3.05) is 0 Å². The van der Waals surface area contributed by atoms with Crippen molar-refractivity contribution in [3.63, 3.8) is 0 Å². The van der Waals surface area contributed by atoms with Crippen molar-refractivity contribution in [3.8, 4) is 0 Å². The van der Waals surface area contributed by atoms with Crippen molar-refractivity contribution in [1.29, 1.82) is 0 Å². The summed E-state index contributed by atoms with van der Waals surface area (Å²) >= 11 is 0. The van der Waals surface area contributed by atoms with E-state index in [0.717, 1.165) is 19.3 Å². The number of amides is 2. The number of carboxylic acids is 1. The maximum atomic E-state index is 11.1. The van der Waals surface area contributed by atoms with Crippen molar-refractivity contribution < 1.29 is 14.7 Å². The first kappa shape index (κ1) is 11.2. The van der Waals surface area contributed by atoms with Crippen LogP contribution in [0.2, 0.25) is 0 Å². The van der Waals surface area contributed by atoms with Crippen molar-refractivity contribution in [2.45, 2.75) is 44.7 Å². The first-order chi connectivity index (χ1) is 7.56. The smallest absolute Gasteiger partial charge is 0.315 e. The van der Waals surface area contributed by atoms with E-state index in [9.17, 15) is 9.59 Å². The van der Waals surface area contributed by atoms with Gasteiger partial charge in [0.1, 0.15) is 0 Å². The van der Waals surface area contributed by atoms with Gasteiger partial charge in [0.05, 0.1) is 6.04 Å². The molecule has 0 bridgehead atoms. The van der Waals surface area contributed by atoms with Gasteiger partial charge in [0.15, 0.2) is 0 Å². The Labute approximate surface area is 94.6 Å². The van der Waals surface area contributed by atoms with E-state index in [1.807, 2.05) is 6.92 Å². The van der Waals surface area contributed by atoms with Gasteiger partial charge in [-0.05, 0) is 38.0 Å². The monoisotopic (exact) mass is 226 g/mol. The van der Waals surface area contributed by atoms with Gasteiger partial charge in [-0.15, -0.1) is 0 Å². The quantitative estimate of drug-likeness (QED) is 0.653. The van der Waals surface area contributed by atoms with E-state index in [4.69, 9.17) is 5.11 Å². The zero-order valence-corrected chi connectivity index (χ0v) is 9.40. The molecule has 0 aromatic heterocycles. The average molecular weight is 226 g/mol. The summed E-state index contributed by atoms with van der Waals surface area (Å²) in [5.41, 5.74) is 0. The number of carbonyl (C=O) groups excluding carboxylic acids is 1. The minimum absolute atomic E-state index is 0.0831. The van der Waals surface area contributed by atoms with Gasteiger partial charge in [-0.1, -0.05) is 0 Å². The zero-order chi connectivity index (χ0) is 11.7. The van der Waals surface area contributed by atoms with Crippen molar-refractivity contribution in [1.82, 2.24) is 10.6 Å². The Morgan fingerprint density at radius 1 is 1.44 bits per heavy atom. The lowest BCUT2D eigenvalue weighted by Crippen LogP contribution is -2.31. The number of carboxylic acid groups (broad SMARTS) is 1. The molecule has 1 aliphatic heterocycles. The zero-order valence-electron chi connectivity index (χ0n) is 9.40. The van der Waals surface area contributed by atoms with Gasteiger partial charge in [0.2, 0.25) is 0 Å². The summed E-state index contributed by atoms with van der Waals surface area (Å²) in [6.45, 7) is 2.00. The van der Waals surface area contributed by atoms with Crippen LogP contribution in [0.4, 0.5) is 4.79 Å². The Hall–Kier alpha value is -1.26. The topological polar surface area (TPSA) is 78.4 Å². The lowest BCUT2D eigenvalue weighted by molar-refractivity contribution is -0.137. The summed E-state index contributed by atoms with van der Waals surface area (Å²) in [5.74, 6) is 0.447. The maximum Gasteiger partial charge on any atom is 0.315 e. The standard InChI is InChI=1S/C11H18N2O3/c1-6-9(13-11(16)12-6)5-8-4-7(8)2-3-10(14)15/h6-9H,2-5H2,1H3,(H,14,15)(H2,12,13,16)/t6-,7+,8+,9+/m0/s1. The fraction of sp³-hybridized carbons (Fsp3) is 0.818. The largest absolute Gasteiger partial charge is 0.481 e. The Bertz CT molecular complexity index is 306. The van der Waals surface area contributed by atoms with Crippen LogP contribution in [0.1, 0.15) is 32.6 Å². The summed E-state index contributed by atoms with van der Waals surface area (Å²) in [4.78, 5) is 21.5. The van der Waals surface area contributed by atoms with Crippen molar-refractivity contribution >= 4 is 12.0 Å². The number of aliphatic carboxylic acids is 1. The first-order valence-electron chi connectivity index (χ1n) is 5.85. The molecule has 2 fully saturated rings. The SMILES string of the molecule is C[C@@H]1NC(=O)N[C@@H]1C[C@H]1C[C@H]1CCC(=O)O. The molecule has 2 aliphatic rings. The van der Waals surface area contributed by atoms with Crippen molar-refractivity contribution in [3.05, 3.63) is 0 Å². The highest BCUT2D eigenvalue weighted by Gasteiger charge is 2.41. The van der Waals surface area contributed by atoms with Crippen LogP contribution >= 0.6 is 0 Å². The molecule has 2 amide bonds. The van der Waals surface area contributed by atoms with Crippen LogP contribution in [-0.2, 0) is 4.79 Å². The van der Waals surface area contributed by atoms with E-state index >= 15 is 0 Å². The van der Waals surface area contributed by atoms with Crippen LogP contribution in [0.3, 0.4) is 0 Å². The molecule has 3 N–H and O–H groups in total. The third-order valence-electron chi connectivity index (χ3n) is 3.63. The van der Waals surface area contributed by atoms with Gasteiger partial charge in [0, 0.05) is 12.5 Å². The normalized spacial score (nSPS) is 36.7. The maximum absolute atomic E-state index is 11.1. The average Bonchev–Trinajstić information content (AvgIpc) is 2.84. The Morgan fingerprint density at radius 2 is 2.19 bits per heavy atom. The fourth-order valence-corrected chi connectivity index (χ4v) is 2.49. The molecule has 0 spiro atoms. The van der Waals surface area contributed by atoms with Gasteiger partial charge in [-0.2, -0.15) is 0 Å². The first-order valence-corrected chi connectivity index (χ1v) is 5.85. The molecular formula is C11H18N2O3. The molecule has 0 radical (unpaired) electrons. The number of hydrogen-bond donors (Lipinski definition) is 3. The van der Waals surface area contributed by atoms with Crippen LogP contribution in [0.15, 0.2) is 0 Å². The van der Waals surface area contributed by atoms with E-state index in [-0.39, 0.29) is 24.5 Å². The molecule has 1 aliphatic carbocycles. The molecule has 4 atom stereocenters. The minimum Gasteiger partial charge on any atom is -0.481 e. The molecule has 5 heteroatoms. The van der Waals surface area contributed by atoms with Crippen molar-refractivity contribution in [2.24, 2.45) is 11.8 Å². The molecule has 2 rings (SSSR count). The highest BCUT2D eigenvalue weighted by atomic mass is 16.4. The van der Waals surface area contributed by atoms with Gasteiger partial charge < -0.3 is 15.7 Å². The molecule has 90 valence electrons. The fourth-order valence-electron chi connectivity index (χ4n) is 2.49. The van der Waals surface area contributed by atoms with Gasteiger partial charge >= 0.3 is 12.0 Å². The number of urea groups is 1. The van der Waals surface area contributed by atoms with E-state index in [1.54, 1.807) is 0 Å². The molecule has 0 unspecified atom stereocenters. The molecule has 0 aromatic carbocycles. The molecule has 1 saturated heterocycles. The summed E-state index contributed by atoms with van der Waals surface area (Å²) in [6, 6.07) is 0.320. The van der Waals surface area contributed by atoms with E-state index in [1.165, 1.54) is 0 Å². The van der Waals surface area contributed by atoms with Gasteiger partial charge in [-0.3, -0.25) is 4.79 Å². The Morgan fingerprint density at radius 3 is 2.75 bits per heavy atom. The number of rotatable bonds is 5. The highest BCUT2D eigenvalue weighted by Crippen LogP contribution is 2.45. The van der Waals surface area contributed by atoms with Crippen LogP contribution in [-0.4, -0.2) is 29.2 Å². The molecule has 0 aromatic rings. The predicted octanol–water partition coefficient (Wildman–Crippen LogP) is 0.947.